The van der Waals surface area contributed by atoms with E-state index < -0.39 is 82.6 Å². The van der Waals surface area contributed by atoms with Crippen molar-refractivity contribution >= 4 is 28.9 Å². The number of aromatic amines is 1. The maximum absolute atomic E-state index is 16.4. The molecule has 3 heterocycles. The van der Waals surface area contributed by atoms with Gasteiger partial charge in [-0.15, -0.1) is 0 Å². The third-order valence-electron chi connectivity index (χ3n) is 8.26. The van der Waals surface area contributed by atoms with Gasteiger partial charge in [0.15, 0.2) is 5.82 Å². The van der Waals surface area contributed by atoms with Crippen molar-refractivity contribution in [3.63, 3.8) is 0 Å². The molecule has 45 heavy (non-hydrogen) atoms. The fourth-order valence-corrected chi connectivity index (χ4v) is 5.60. The second-order valence-corrected chi connectivity index (χ2v) is 11.5. The number of hydrogen-bond donors (Lipinski definition) is 2. The highest BCUT2D eigenvalue weighted by molar-refractivity contribution is 6.07. The normalized spacial score (nSPS) is 20.8. The van der Waals surface area contributed by atoms with Gasteiger partial charge in [-0.3, -0.25) is 9.59 Å². The molecule has 244 valence electrons. The Morgan fingerprint density at radius 3 is 2.47 bits per heavy atom. The first-order valence-electron chi connectivity index (χ1n) is 14.2. The molecular formula is C29H30F7N5O4. The summed E-state index contributed by atoms with van der Waals surface area (Å²) in [4.78, 5) is 44.2. The summed E-state index contributed by atoms with van der Waals surface area (Å²) in [5, 5.41) is 2.18. The summed E-state index contributed by atoms with van der Waals surface area (Å²) >= 11 is 0. The van der Waals surface area contributed by atoms with Gasteiger partial charge in [-0.05, 0) is 26.0 Å². The summed E-state index contributed by atoms with van der Waals surface area (Å²) < 4.78 is 105. The van der Waals surface area contributed by atoms with Gasteiger partial charge >= 0.3 is 12.3 Å². The van der Waals surface area contributed by atoms with Crippen LogP contribution in [-0.2, 0) is 10.9 Å². The minimum absolute atomic E-state index is 0.0130. The van der Waals surface area contributed by atoms with E-state index in [1.807, 2.05) is 23.9 Å². The first kappa shape index (κ1) is 32.3. The Hall–Kier alpha value is -4.08. The van der Waals surface area contributed by atoms with Crippen LogP contribution in [0.5, 0.6) is 0 Å². The molecule has 16 heteroatoms. The summed E-state index contributed by atoms with van der Waals surface area (Å²) in [6, 6.07) is 1.09. The summed E-state index contributed by atoms with van der Waals surface area (Å²) in [5.41, 5.74) is -4.99. The number of likely N-dealkylation sites (N-methyl/N-ethyl adjacent to an activating group) is 1. The van der Waals surface area contributed by atoms with E-state index in [0.29, 0.717) is 12.7 Å². The summed E-state index contributed by atoms with van der Waals surface area (Å²) in [5.74, 6) is -6.67. The zero-order chi connectivity index (χ0) is 32.8. The number of anilines is 2. The molecule has 0 unspecified atom stereocenters. The molecule has 9 nitrogen and oxygen atoms in total. The van der Waals surface area contributed by atoms with Crippen LogP contribution < -0.4 is 15.8 Å². The van der Waals surface area contributed by atoms with E-state index in [9.17, 15) is 36.3 Å². The average Bonchev–Trinajstić information content (AvgIpc) is 2.94. The van der Waals surface area contributed by atoms with E-state index >= 15 is 8.78 Å². The molecule has 5 rings (SSSR count). The second-order valence-electron chi connectivity index (χ2n) is 11.5. The van der Waals surface area contributed by atoms with Gasteiger partial charge in [-0.1, -0.05) is 6.08 Å². The molecule has 1 aromatic carbocycles. The summed E-state index contributed by atoms with van der Waals surface area (Å²) in [7, 11) is 1.85. The molecule has 0 bridgehead atoms. The molecular weight excluding hydrogens is 615 g/mol. The highest BCUT2D eigenvalue weighted by Gasteiger charge is 2.48. The predicted octanol–water partition coefficient (Wildman–Crippen LogP) is 5.09. The number of H-pyrrole nitrogens is 1. The highest BCUT2D eigenvalue weighted by atomic mass is 19.4. The maximum Gasteiger partial charge on any atom is 0.417 e. The van der Waals surface area contributed by atoms with Crippen LogP contribution in [0.15, 0.2) is 29.2 Å². The molecule has 2 amide bonds. The van der Waals surface area contributed by atoms with Crippen LogP contribution in [0.4, 0.5) is 46.9 Å². The highest BCUT2D eigenvalue weighted by Crippen LogP contribution is 2.41. The lowest BCUT2D eigenvalue weighted by Gasteiger charge is -2.40. The molecule has 1 atom stereocenters. The molecule has 1 aliphatic carbocycles. The Bertz CT molecular complexity index is 1580. The lowest BCUT2D eigenvalue weighted by atomic mass is 9.91. The molecule has 2 fully saturated rings. The zero-order valence-corrected chi connectivity index (χ0v) is 24.2. The molecule has 2 aliphatic heterocycles. The maximum atomic E-state index is 16.4. The quantitative estimate of drug-likeness (QED) is 0.440. The van der Waals surface area contributed by atoms with E-state index in [1.54, 1.807) is 4.90 Å². The molecule has 2 N–H and O–H groups in total. The third kappa shape index (κ3) is 6.79. The van der Waals surface area contributed by atoms with Crippen molar-refractivity contribution in [1.82, 2.24) is 14.8 Å². The number of nitrogens with zero attached hydrogens (tertiary/aromatic N) is 3. The van der Waals surface area contributed by atoms with Crippen LogP contribution in [0.25, 0.3) is 5.57 Å². The number of alkyl halides is 5. The number of amides is 2. The molecule has 1 saturated heterocycles. The van der Waals surface area contributed by atoms with Crippen molar-refractivity contribution < 1.29 is 45.1 Å². The monoisotopic (exact) mass is 645 g/mol. The minimum Gasteiger partial charge on any atom is -0.446 e. The number of aromatic nitrogens is 1. The van der Waals surface area contributed by atoms with Crippen molar-refractivity contribution in [2.24, 2.45) is 0 Å². The number of hydrogen-bond acceptors (Lipinski definition) is 6. The number of ether oxygens (including phenoxy) is 1. The molecule has 1 saturated carbocycles. The summed E-state index contributed by atoms with van der Waals surface area (Å²) in [6.45, 7) is 2.62. The number of carbonyl (C=O) groups is 2. The SMILES string of the molecule is C[C@H]1CN(c2cc(F)c(C3=CCCN(C(=O)OC4CC(F)(F)C4)C3)c(F)c2NC(=O)c2c[nH]c(=O)cc2C(F)(F)F)CCN1C. The van der Waals surface area contributed by atoms with Crippen LogP contribution in [0.2, 0.25) is 0 Å². The Labute approximate surface area is 252 Å². The third-order valence-corrected chi connectivity index (χ3v) is 8.26. The van der Waals surface area contributed by atoms with Gasteiger partial charge in [0, 0.05) is 69.9 Å². The van der Waals surface area contributed by atoms with Crippen LogP contribution in [-0.4, -0.2) is 84.6 Å². The second kappa shape index (κ2) is 12.0. The van der Waals surface area contributed by atoms with Crippen LogP contribution >= 0.6 is 0 Å². The molecule has 0 radical (unpaired) electrons. The fourth-order valence-electron chi connectivity index (χ4n) is 5.60. The van der Waals surface area contributed by atoms with Gasteiger partial charge in [-0.2, -0.15) is 13.2 Å². The van der Waals surface area contributed by atoms with Gasteiger partial charge in [0.25, 0.3) is 11.8 Å². The minimum atomic E-state index is -5.09. The smallest absolute Gasteiger partial charge is 0.417 e. The van der Waals surface area contributed by atoms with Gasteiger partial charge < -0.3 is 29.7 Å². The van der Waals surface area contributed by atoms with Gasteiger partial charge in [0.2, 0.25) is 5.56 Å². The van der Waals surface area contributed by atoms with Crippen molar-refractivity contribution in [1.29, 1.82) is 0 Å². The van der Waals surface area contributed by atoms with Crippen LogP contribution in [0.3, 0.4) is 0 Å². The number of benzene rings is 1. The number of nitrogens with one attached hydrogen (secondary N) is 2. The van der Waals surface area contributed by atoms with Crippen molar-refractivity contribution in [3.05, 3.63) is 63.1 Å². The number of halogens is 7. The standard InChI is InChI=1S/C29H30F7N5O4/c1-15-13-40(7-6-39(15)2)21-9-20(30)23(16-4-3-5-41(14-16)27(44)45-17-10-28(32,33)11-17)24(31)25(21)38-26(43)18-12-37-22(42)8-19(18)29(34,35)36/h4,8-9,12,15,17H,3,5-7,10-11,13-14H2,1-2H3,(H,37,42)(H,38,43)/t15-/m0/s1. The van der Waals surface area contributed by atoms with Crippen molar-refractivity contribution in [2.75, 3.05) is 50.0 Å². The molecule has 3 aliphatic rings. The lowest BCUT2D eigenvalue weighted by Crippen LogP contribution is -2.50. The van der Waals surface area contributed by atoms with Crippen LogP contribution in [0.1, 0.15) is 47.7 Å². The summed E-state index contributed by atoms with van der Waals surface area (Å²) in [6.07, 6.45) is -6.10. The Kier molecular flexibility index (Phi) is 8.63. The van der Waals surface area contributed by atoms with Crippen molar-refractivity contribution in [2.45, 2.75) is 50.4 Å². The Morgan fingerprint density at radius 1 is 1.11 bits per heavy atom. The first-order chi connectivity index (χ1) is 21.0. The molecule has 0 spiro atoms. The fraction of sp³-hybridized carbons (Fsp3) is 0.483. The van der Waals surface area contributed by atoms with Gasteiger partial charge in [0.05, 0.1) is 22.4 Å². The van der Waals surface area contributed by atoms with E-state index in [1.165, 1.54) is 6.08 Å². The molecule has 1 aromatic heterocycles. The Balaban J connectivity index is 1.50. The average molecular weight is 646 g/mol. The van der Waals surface area contributed by atoms with Crippen molar-refractivity contribution in [3.8, 4) is 0 Å². The predicted molar refractivity (Wildman–Crippen MR) is 149 cm³/mol. The van der Waals surface area contributed by atoms with E-state index in [-0.39, 0.29) is 56.0 Å². The Morgan fingerprint density at radius 2 is 1.82 bits per heavy atom. The zero-order valence-electron chi connectivity index (χ0n) is 24.2. The number of pyridine rings is 1. The van der Waals surface area contributed by atoms with Gasteiger partial charge in [-0.25, -0.2) is 22.4 Å². The topological polar surface area (TPSA) is 98.0 Å². The van der Waals surface area contributed by atoms with E-state index in [0.717, 1.165) is 11.0 Å². The van der Waals surface area contributed by atoms with E-state index in [2.05, 4.69) is 5.32 Å². The lowest BCUT2D eigenvalue weighted by molar-refractivity contribution is -0.147. The van der Waals surface area contributed by atoms with Crippen LogP contribution in [0, 0.1) is 11.6 Å². The number of rotatable bonds is 5. The first-order valence-corrected chi connectivity index (χ1v) is 14.2. The van der Waals surface area contributed by atoms with E-state index in [4.69, 9.17) is 4.74 Å². The van der Waals surface area contributed by atoms with Gasteiger partial charge in [0.1, 0.15) is 17.6 Å². The number of carbonyl (C=O) groups excluding carboxylic acids is 2. The largest absolute Gasteiger partial charge is 0.446 e. The number of piperazine rings is 1. The molecule has 2 aromatic rings.